The quantitative estimate of drug-likeness (QED) is 0.658. The minimum absolute atomic E-state index is 0.342. The molecule has 0 aliphatic heterocycles. The fourth-order valence-corrected chi connectivity index (χ4v) is 2.08. The fourth-order valence-electron chi connectivity index (χ4n) is 1.75. The van der Waals surface area contributed by atoms with E-state index in [9.17, 15) is 4.79 Å². The van der Waals surface area contributed by atoms with Crippen molar-refractivity contribution in [2.45, 2.75) is 37.6 Å². The van der Waals surface area contributed by atoms with E-state index in [-0.39, 0.29) is 5.54 Å². The molecule has 0 atom stereocenters. The van der Waals surface area contributed by atoms with Crippen LogP contribution in [0, 0.1) is 0 Å². The van der Waals surface area contributed by atoms with Crippen LogP contribution < -0.4 is 5.32 Å². The van der Waals surface area contributed by atoms with Crippen molar-refractivity contribution in [1.29, 1.82) is 0 Å². The first kappa shape index (κ1) is 9.65. The first-order valence-corrected chi connectivity index (χ1v) is 4.79. The van der Waals surface area contributed by atoms with Gasteiger partial charge in [0.15, 0.2) is 0 Å². The maximum Gasteiger partial charge on any atom is 0.405 e. The Kier molecular flexibility index (Phi) is 3.20. The molecule has 0 saturated heterocycles. The van der Waals surface area contributed by atoms with Gasteiger partial charge in [0, 0.05) is 5.88 Å². The molecule has 1 rings (SSSR count). The van der Waals surface area contributed by atoms with Gasteiger partial charge in [-0.2, -0.15) is 0 Å². The Bertz CT molecular complexity index is 166. The Morgan fingerprint density at radius 3 is 2.42 bits per heavy atom. The minimum Gasteiger partial charge on any atom is -0.465 e. The lowest BCUT2D eigenvalue weighted by Crippen LogP contribution is -2.50. The average molecular weight is 192 g/mol. The monoisotopic (exact) mass is 191 g/mol. The van der Waals surface area contributed by atoms with Crippen molar-refractivity contribution in [2.24, 2.45) is 0 Å². The SMILES string of the molecule is O=C(O)NC1(CCl)CCCCC1. The smallest absolute Gasteiger partial charge is 0.405 e. The van der Waals surface area contributed by atoms with Crippen LogP contribution in [0.4, 0.5) is 4.79 Å². The molecule has 0 aromatic carbocycles. The molecular formula is C8H14ClNO2. The van der Waals surface area contributed by atoms with Gasteiger partial charge in [0.2, 0.25) is 0 Å². The predicted molar refractivity (Wildman–Crippen MR) is 47.7 cm³/mol. The highest BCUT2D eigenvalue weighted by atomic mass is 35.5. The second kappa shape index (κ2) is 3.99. The van der Waals surface area contributed by atoms with Crippen LogP contribution in [0.1, 0.15) is 32.1 Å². The van der Waals surface area contributed by atoms with Crippen LogP contribution in [-0.2, 0) is 0 Å². The molecule has 1 aliphatic rings. The Balaban J connectivity index is 2.53. The Morgan fingerprint density at radius 2 is 2.00 bits per heavy atom. The summed E-state index contributed by atoms with van der Waals surface area (Å²) in [5.41, 5.74) is -0.342. The van der Waals surface area contributed by atoms with Crippen molar-refractivity contribution >= 4 is 17.7 Å². The number of carboxylic acid groups (broad SMARTS) is 1. The van der Waals surface area contributed by atoms with Crippen LogP contribution in [0.15, 0.2) is 0 Å². The van der Waals surface area contributed by atoms with Crippen molar-refractivity contribution in [3.63, 3.8) is 0 Å². The van der Waals surface area contributed by atoms with Crippen molar-refractivity contribution < 1.29 is 9.90 Å². The van der Waals surface area contributed by atoms with Crippen LogP contribution in [0.25, 0.3) is 0 Å². The third-order valence-corrected chi connectivity index (χ3v) is 2.95. The Labute approximate surface area is 77.1 Å². The molecule has 70 valence electrons. The molecule has 1 fully saturated rings. The number of hydrogen-bond acceptors (Lipinski definition) is 1. The number of halogens is 1. The summed E-state index contributed by atoms with van der Waals surface area (Å²) in [6, 6.07) is 0. The average Bonchev–Trinajstić information content (AvgIpc) is 2.05. The highest BCUT2D eigenvalue weighted by molar-refractivity contribution is 6.18. The van der Waals surface area contributed by atoms with Crippen LogP contribution in [0.2, 0.25) is 0 Å². The van der Waals surface area contributed by atoms with E-state index in [1.54, 1.807) is 0 Å². The van der Waals surface area contributed by atoms with Gasteiger partial charge in [0.1, 0.15) is 0 Å². The third kappa shape index (κ3) is 2.27. The second-order valence-corrected chi connectivity index (χ2v) is 3.67. The summed E-state index contributed by atoms with van der Waals surface area (Å²) < 4.78 is 0. The van der Waals surface area contributed by atoms with E-state index in [0.29, 0.717) is 5.88 Å². The van der Waals surface area contributed by atoms with Gasteiger partial charge in [-0.05, 0) is 12.8 Å². The molecule has 0 heterocycles. The zero-order valence-electron chi connectivity index (χ0n) is 6.98. The highest BCUT2D eigenvalue weighted by Crippen LogP contribution is 2.29. The van der Waals surface area contributed by atoms with E-state index in [1.165, 1.54) is 6.42 Å². The topological polar surface area (TPSA) is 49.3 Å². The zero-order valence-corrected chi connectivity index (χ0v) is 7.73. The summed E-state index contributed by atoms with van der Waals surface area (Å²) >= 11 is 5.76. The largest absolute Gasteiger partial charge is 0.465 e. The fraction of sp³-hybridized carbons (Fsp3) is 0.875. The lowest BCUT2D eigenvalue weighted by atomic mass is 9.83. The molecule has 3 nitrogen and oxygen atoms in total. The first-order valence-electron chi connectivity index (χ1n) is 4.26. The van der Waals surface area contributed by atoms with Crippen LogP contribution in [0.5, 0.6) is 0 Å². The molecule has 0 aromatic heterocycles. The normalized spacial score (nSPS) is 21.8. The lowest BCUT2D eigenvalue weighted by Gasteiger charge is -2.35. The zero-order chi connectivity index (χ0) is 9.03. The van der Waals surface area contributed by atoms with E-state index in [2.05, 4.69) is 5.32 Å². The molecule has 2 N–H and O–H groups in total. The summed E-state index contributed by atoms with van der Waals surface area (Å²) in [7, 11) is 0. The number of amides is 1. The summed E-state index contributed by atoms with van der Waals surface area (Å²) in [6.07, 6.45) is 4.14. The molecule has 0 spiro atoms. The summed E-state index contributed by atoms with van der Waals surface area (Å²) in [6.45, 7) is 0. The number of carbonyl (C=O) groups is 1. The van der Waals surface area contributed by atoms with E-state index in [1.807, 2.05) is 0 Å². The molecule has 1 aliphatic carbocycles. The van der Waals surface area contributed by atoms with Gasteiger partial charge in [-0.1, -0.05) is 19.3 Å². The van der Waals surface area contributed by atoms with Crippen molar-refractivity contribution in [3.05, 3.63) is 0 Å². The highest BCUT2D eigenvalue weighted by Gasteiger charge is 2.32. The van der Waals surface area contributed by atoms with Gasteiger partial charge in [0.05, 0.1) is 5.54 Å². The summed E-state index contributed by atoms with van der Waals surface area (Å²) in [4.78, 5) is 10.5. The van der Waals surface area contributed by atoms with E-state index in [4.69, 9.17) is 16.7 Å². The molecule has 4 heteroatoms. The molecule has 12 heavy (non-hydrogen) atoms. The molecule has 1 amide bonds. The standard InChI is InChI=1S/C8H14ClNO2/c9-6-8(10-7(11)12)4-2-1-3-5-8/h10H,1-6H2,(H,11,12). The van der Waals surface area contributed by atoms with Gasteiger partial charge in [-0.25, -0.2) is 4.79 Å². The molecule has 0 radical (unpaired) electrons. The van der Waals surface area contributed by atoms with Crippen LogP contribution >= 0.6 is 11.6 Å². The van der Waals surface area contributed by atoms with E-state index < -0.39 is 6.09 Å². The predicted octanol–water partition coefficient (Wildman–Crippen LogP) is 2.20. The molecule has 0 bridgehead atoms. The number of alkyl halides is 1. The lowest BCUT2D eigenvalue weighted by molar-refractivity contribution is 0.169. The molecule has 0 aromatic rings. The maximum absolute atomic E-state index is 10.5. The van der Waals surface area contributed by atoms with Crippen LogP contribution in [-0.4, -0.2) is 22.6 Å². The van der Waals surface area contributed by atoms with Gasteiger partial charge in [-0.3, -0.25) is 0 Å². The van der Waals surface area contributed by atoms with Gasteiger partial charge < -0.3 is 10.4 Å². The second-order valence-electron chi connectivity index (χ2n) is 3.40. The van der Waals surface area contributed by atoms with Gasteiger partial charge in [0.25, 0.3) is 0 Å². The number of hydrogen-bond donors (Lipinski definition) is 2. The van der Waals surface area contributed by atoms with Crippen LogP contribution in [0.3, 0.4) is 0 Å². The van der Waals surface area contributed by atoms with Crippen molar-refractivity contribution in [3.8, 4) is 0 Å². The number of nitrogens with one attached hydrogen (secondary N) is 1. The van der Waals surface area contributed by atoms with Crippen molar-refractivity contribution in [2.75, 3.05) is 5.88 Å². The maximum atomic E-state index is 10.5. The van der Waals surface area contributed by atoms with Crippen molar-refractivity contribution in [1.82, 2.24) is 5.32 Å². The Hall–Kier alpha value is -0.440. The summed E-state index contributed by atoms with van der Waals surface area (Å²) in [5, 5.41) is 11.1. The molecule has 1 saturated carbocycles. The Morgan fingerprint density at radius 1 is 1.42 bits per heavy atom. The van der Waals surface area contributed by atoms with E-state index in [0.717, 1.165) is 25.7 Å². The van der Waals surface area contributed by atoms with Gasteiger partial charge in [-0.15, -0.1) is 11.6 Å². The molecule has 0 unspecified atom stereocenters. The summed E-state index contributed by atoms with van der Waals surface area (Å²) in [5.74, 6) is 0.388. The van der Waals surface area contributed by atoms with Gasteiger partial charge >= 0.3 is 6.09 Å². The minimum atomic E-state index is -0.961. The number of rotatable bonds is 2. The third-order valence-electron chi connectivity index (χ3n) is 2.44. The van der Waals surface area contributed by atoms with E-state index >= 15 is 0 Å². The molecular weight excluding hydrogens is 178 g/mol. The first-order chi connectivity index (χ1) is 5.68.